The first kappa shape index (κ1) is 14.4. The van der Waals surface area contributed by atoms with Crippen LogP contribution in [0.25, 0.3) is 0 Å². The standard InChI is InChI=1S/C13H13N5O3/c1-8-3-2-6-15-12(8)16-13(19)9-4-5-11(18(20)21)10(7-9)17-14/h2-7,17H,14H2,1H3,(H,15,16,19). The average Bonchev–Trinajstić information content (AvgIpc) is 2.48. The van der Waals surface area contributed by atoms with Crippen LogP contribution in [0.3, 0.4) is 0 Å². The second-order valence-corrected chi connectivity index (χ2v) is 4.26. The summed E-state index contributed by atoms with van der Waals surface area (Å²) in [4.78, 5) is 26.4. The van der Waals surface area contributed by atoms with Gasteiger partial charge >= 0.3 is 0 Å². The number of amides is 1. The van der Waals surface area contributed by atoms with Crippen LogP contribution in [0.2, 0.25) is 0 Å². The van der Waals surface area contributed by atoms with Crippen LogP contribution in [-0.4, -0.2) is 15.8 Å². The summed E-state index contributed by atoms with van der Waals surface area (Å²) in [6.45, 7) is 1.81. The topological polar surface area (TPSA) is 123 Å². The van der Waals surface area contributed by atoms with Gasteiger partial charge in [0.05, 0.1) is 4.92 Å². The van der Waals surface area contributed by atoms with Crippen molar-refractivity contribution >= 4 is 23.1 Å². The van der Waals surface area contributed by atoms with Gasteiger partial charge in [-0.05, 0) is 30.7 Å². The van der Waals surface area contributed by atoms with Gasteiger partial charge in [0.15, 0.2) is 0 Å². The van der Waals surface area contributed by atoms with Gasteiger partial charge in [0.2, 0.25) is 0 Å². The Bertz CT molecular complexity index is 702. The fourth-order valence-electron chi connectivity index (χ4n) is 1.75. The van der Waals surface area contributed by atoms with Crippen LogP contribution in [0.15, 0.2) is 36.5 Å². The van der Waals surface area contributed by atoms with Gasteiger partial charge in [-0.2, -0.15) is 0 Å². The van der Waals surface area contributed by atoms with E-state index in [0.29, 0.717) is 5.82 Å². The van der Waals surface area contributed by atoms with Gasteiger partial charge in [0.25, 0.3) is 11.6 Å². The summed E-state index contributed by atoms with van der Waals surface area (Å²) in [5, 5.41) is 13.4. The van der Waals surface area contributed by atoms with E-state index in [0.717, 1.165) is 5.56 Å². The molecule has 0 atom stereocenters. The number of nitro groups is 1. The molecule has 21 heavy (non-hydrogen) atoms. The highest BCUT2D eigenvalue weighted by atomic mass is 16.6. The molecule has 0 bridgehead atoms. The lowest BCUT2D eigenvalue weighted by atomic mass is 10.1. The molecule has 108 valence electrons. The minimum Gasteiger partial charge on any atom is -0.318 e. The summed E-state index contributed by atoms with van der Waals surface area (Å²) in [7, 11) is 0. The summed E-state index contributed by atoms with van der Waals surface area (Å²) in [5.41, 5.74) is 3.11. The number of carbonyl (C=O) groups is 1. The number of nitrogens with zero attached hydrogens (tertiary/aromatic N) is 2. The van der Waals surface area contributed by atoms with Gasteiger partial charge in [-0.15, -0.1) is 0 Å². The molecule has 0 saturated heterocycles. The SMILES string of the molecule is Cc1cccnc1NC(=O)c1ccc([N+](=O)[O-])c(NN)c1. The lowest BCUT2D eigenvalue weighted by molar-refractivity contribution is -0.384. The van der Waals surface area contributed by atoms with E-state index in [1.807, 2.05) is 13.0 Å². The molecule has 2 rings (SSSR count). The van der Waals surface area contributed by atoms with Gasteiger partial charge in [-0.1, -0.05) is 6.07 Å². The van der Waals surface area contributed by atoms with Crippen LogP contribution < -0.4 is 16.6 Å². The molecule has 0 aliphatic carbocycles. The minimum absolute atomic E-state index is 0.0605. The van der Waals surface area contributed by atoms with E-state index in [1.54, 1.807) is 12.3 Å². The molecule has 0 aliphatic heterocycles. The third-order valence-corrected chi connectivity index (χ3v) is 2.85. The Morgan fingerprint density at radius 1 is 1.38 bits per heavy atom. The Kier molecular flexibility index (Phi) is 4.10. The number of hydrogen-bond donors (Lipinski definition) is 3. The Morgan fingerprint density at radius 3 is 2.76 bits per heavy atom. The molecule has 1 amide bonds. The Hall–Kier alpha value is -3.00. The van der Waals surface area contributed by atoms with Gasteiger partial charge in [0, 0.05) is 17.8 Å². The highest BCUT2D eigenvalue weighted by Gasteiger charge is 2.16. The van der Waals surface area contributed by atoms with E-state index >= 15 is 0 Å². The van der Waals surface area contributed by atoms with Crippen molar-refractivity contribution < 1.29 is 9.72 Å². The maximum Gasteiger partial charge on any atom is 0.293 e. The van der Waals surface area contributed by atoms with Crippen molar-refractivity contribution in [1.82, 2.24) is 4.98 Å². The summed E-state index contributed by atoms with van der Waals surface area (Å²) in [6, 6.07) is 7.45. The molecule has 0 aliphatic rings. The number of anilines is 2. The second kappa shape index (κ2) is 5.97. The highest BCUT2D eigenvalue weighted by Crippen LogP contribution is 2.25. The van der Waals surface area contributed by atoms with Crippen molar-refractivity contribution in [2.24, 2.45) is 5.84 Å². The fraction of sp³-hybridized carbons (Fsp3) is 0.0769. The molecule has 8 heteroatoms. The molecule has 0 fully saturated rings. The third-order valence-electron chi connectivity index (χ3n) is 2.85. The first-order valence-electron chi connectivity index (χ1n) is 6.01. The lowest BCUT2D eigenvalue weighted by Crippen LogP contribution is -2.15. The molecule has 0 saturated carbocycles. The average molecular weight is 287 g/mol. The van der Waals surface area contributed by atoms with Crippen LogP contribution in [0.5, 0.6) is 0 Å². The zero-order valence-electron chi connectivity index (χ0n) is 11.2. The van der Waals surface area contributed by atoms with Crippen molar-refractivity contribution in [2.45, 2.75) is 6.92 Å². The number of hydrazine groups is 1. The van der Waals surface area contributed by atoms with Crippen molar-refractivity contribution in [3.63, 3.8) is 0 Å². The zero-order chi connectivity index (χ0) is 15.4. The van der Waals surface area contributed by atoms with Gasteiger partial charge in [-0.25, -0.2) is 4.98 Å². The molecule has 2 aromatic rings. The molecular weight excluding hydrogens is 274 g/mol. The van der Waals surface area contributed by atoms with Crippen molar-refractivity contribution in [3.8, 4) is 0 Å². The van der Waals surface area contributed by atoms with Crippen molar-refractivity contribution in [1.29, 1.82) is 0 Å². The number of nitrogens with one attached hydrogen (secondary N) is 2. The summed E-state index contributed by atoms with van der Waals surface area (Å²) in [5.74, 6) is 5.24. The molecular formula is C13H13N5O3. The maximum atomic E-state index is 12.1. The summed E-state index contributed by atoms with van der Waals surface area (Å²) >= 11 is 0. The normalized spacial score (nSPS) is 10.0. The van der Waals surface area contributed by atoms with Gasteiger partial charge in [-0.3, -0.25) is 20.8 Å². The monoisotopic (exact) mass is 287 g/mol. The Labute approximate surface area is 120 Å². The van der Waals surface area contributed by atoms with E-state index in [2.05, 4.69) is 15.7 Å². The van der Waals surface area contributed by atoms with E-state index in [9.17, 15) is 14.9 Å². The minimum atomic E-state index is -0.584. The van der Waals surface area contributed by atoms with Gasteiger partial charge in [0.1, 0.15) is 11.5 Å². The molecule has 0 spiro atoms. The molecule has 0 unspecified atom stereocenters. The van der Waals surface area contributed by atoms with Crippen molar-refractivity contribution in [2.75, 3.05) is 10.7 Å². The molecule has 4 N–H and O–H groups in total. The summed E-state index contributed by atoms with van der Waals surface area (Å²) < 4.78 is 0. The smallest absolute Gasteiger partial charge is 0.293 e. The maximum absolute atomic E-state index is 12.1. The first-order chi connectivity index (χ1) is 10.0. The van der Waals surface area contributed by atoms with Crippen LogP contribution in [0, 0.1) is 17.0 Å². The number of aromatic nitrogens is 1. The number of rotatable bonds is 4. The van der Waals surface area contributed by atoms with Gasteiger partial charge < -0.3 is 10.7 Å². The Balaban J connectivity index is 2.28. The van der Waals surface area contributed by atoms with Crippen LogP contribution in [-0.2, 0) is 0 Å². The third kappa shape index (κ3) is 3.12. The summed E-state index contributed by atoms with van der Waals surface area (Å²) in [6.07, 6.45) is 1.56. The van der Waals surface area contributed by atoms with Crippen LogP contribution in [0.1, 0.15) is 15.9 Å². The number of hydrogen-bond acceptors (Lipinski definition) is 6. The number of carbonyl (C=O) groups excluding carboxylic acids is 1. The molecule has 0 radical (unpaired) electrons. The predicted molar refractivity (Wildman–Crippen MR) is 77.8 cm³/mol. The van der Waals surface area contributed by atoms with Crippen LogP contribution in [0.4, 0.5) is 17.2 Å². The number of nitrogen functional groups attached to an aromatic ring is 1. The predicted octanol–water partition coefficient (Wildman–Crippen LogP) is 1.84. The number of benzene rings is 1. The number of nitro benzene ring substituents is 1. The quantitative estimate of drug-likeness (QED) is 0.448. The number of nitrogens with two attached hydrogens (primary N) is 1. The largest absolute Gasteiger partial charge is 0.318 e. The number of pyridine rings is 1. The molecule has 1 aromatic heterocycles. The zero-order valence-corrected chi connectivity index (χ0v) is 11.2. The number of aryl methyl sites for hydroxylation is 1. The van der Waals surface area contributed by atoms with Crippen LogP contribution >= 0.6 is 0 Å². The lowest BCUT2D eigenvalue weighted by Gasteiger charge is -2.08. The van der Waals surface area contributed by atoms with E-state index in [-0.39, 0.29) is 16.9 Å². The van der Waals surface area contributed by atoms with E-state index in [1.165, 1.54) is 18.2 Å². The fourth-order valence-corrected chi connectivity index (χ4v) is 1.75. The van der Waals surface area contributed by atoms with E-state index in [4.69, 9.17) is 5.84 Å². The highest BCUT2D eigenvalue weighted by molar-refractivity contribution is 6.05. The van der Waals surface area contributed by atoms with E-state index < -0.39 is 10.8 Å². The molecule has 8 nitrogen and oxygen atoms in total. The first-order valence-corrected chi connectivity index (χ1v) is 6.01. The second-order valence-electron chi connectivity index (χ2n) is 4.26. The Morgan fingerprint density at radius 2 is 2.14 bits per heavy atom. The van der Waals surface area contributed by atoms with Crippen molar-refractivity contribution in [3.05, 3.63) is 57.8 Å². The molecule has 1 heterocycles. The molecule has 1 aromatic carbocycles.